The zero-order valence-electron chi connectivity index (χ0n) is 17.5. The van der Waals surface area contributed by atoms with Crippen LogP contribution in [0.2, 0.25) is 0 Å². The third-order valence-electron chi connectivity index (χ3n) is 5.55. The highest BCUT2D eigenvalue weighted by molar-refractivity contribution is 7.80. The number of hydrogen-bond acceptors (Lipinski definition) is 3. The molecule has 0 radical (unpaired) electrons. The summed E-state index contributed by atoms with van der Waals surface area (Å²) in [5, 5.41) is 7.84. The highest BCUT2D eigenvalue weighted by Gasteiger charge is 2.40. The SMILES string of the molecule is CC(C)n1cccc1[C@@H]1[C@@H](c2ccccn2)NC(=S)N1CCCNc1ccccc1. The lowest BCUT2D eigenvalue weighted by atomic mass is 10.0. The first-order valence-electron chi connectivity index (χ1n) is 10.6. The molecule has 30 heavy (non-hydrogen) atoms. The third kappa shape index (κ3) is 4.33. The van der Waals surface area contributed by atoms with Crippen LogP contribution in [0.25, 0.3) is 0 Å². The molecule has 156 valence electrons. The Balaban J connectivity index is 1.54. The van der Waals surface area contributed by atoms with Crippen molar-refractivity contribution in [2.45, 2.75) is 38.4 Å². The average molecular weight is 420 g/mol. The Hall–Kier alpha value is -2.86. The molecule has 2 aromatic heterocycles. The fourth-order valence-corrected chi connectivity index (χ4v) is 4.47. The number of aromatic nitrogens is 2. The highest BCUT2D eigenvalue weighted by atomic mass is 32.1. The first kappa shape index (κ1) is 20.4. The van der Waals surface area contributed by atoms with Crippen molar-refractivity contribution in [3.63, 3.8) is 0 Å². The van der Waals surface area contributed by atoms with Crippen molar-refractivity contribution in [2.24, 2.45) is 0 Å². The largest absolute Gasteiger partial charge is 0.385 e. The summed E-state index contributed by atoms with van der Waals surface area (Å²) < 4.78 is 2.34. The highest BCUT2D eigenvalue weighted by Crippen LogP contribution is 2.39. The van der Waals surface area contributed by atoms with E-state index in [0.717, 1.165) is 36.0 Å². The minimum Gasteiger partial charge on any atom is -0.385 e. The van der Waals surface area contributed by atoms with E-state index < -0.39 is 0 Å². The number of para-hydroxylation sites is 1. The summed E-state index contributed by atoms with van der Waals surface area (Å²) >= 11 is 5.78. The molecule has 0 bridgehead atoms. The van der Waals surface area contributed by atoms with Crippen LogP contribution < -0.4 is 10.6 Å². The topological polar surface area (TPSA) is 45.1 Å². The standard InChI is InChI=1S/C24H29N5S/c1-18(2)28-16-8-13-21(28)23-22(20-12-6-7-14-26-20)27-24(30)29(23)17-9-15-25-19-10-4-3-5-11-19/h3-8,10-14,16,18,22-23,25H,9,15,17H2,1-2H3,(H,27,30)/t22-,23-/m1/s1. The molecule has 1 aliphatic rings. The van der Waals surface area contributed by atoms with Gasteiger partial charge in [0.25, 0.3) is 0 Å². The van der Waals surface area contributed by atoms with E-state index in [1.54, 1.807) is 0 Å². The molecule has 0 saturated carbocycles. The number of hydrogen-bond donors (Lipinski definition) is 2. The second kappa shape index (κ2) is 9.30. The Morgan fingerprint density at radius 3 is 2.60 bits per heavy atom. The second-order valence-electron chi connectivity index (χ2n) is 7.90. The Bertz CT molecular complexity index is 954. The Kier molecular flexibility index (Phi) is 6.33. The predicted molar refractivity (Wildman–Crippen MR) is 127 cm³/mol. The first-order valence-corrected chi connectivity index (χ1v) is 11.0. The molecule has 3 aromatic rings. The summed E-state index contributed by atoms with van der Waals surface area (Å²) in [6, 6.07) is 21.3. The van der Waals surface area contributed by atoms with Gasteiger partial charge in [-0.3, -0.25) is 4.98 Å². The number of thiocarbonyl (C=S) groups is 1. The maximum atomic E-state index is 5.78. The van der Waals surface area contributed by atoms with Crippen molar-refractivity contribution < 1.29 is 0 Å². The fourth-order valence-electron chi connectivity index (χ4n) is 4.13. The van der Waals surface area contributed by atoms with Crippen molar-refractivity contribution in [3.8, 4) is 0 Å². The molecule has 0 amide bonds. The van der Waals surface area contributed by atoms with Crippen LogP contribution in [0.1, 0.15) is 49.8 Å². The van der Waals surface area contributed by atoms with E-state index in [1.807, 2.05) is 24.4 Å². The van der Waals surface area contributed by atoms with E-state index in [4.69, 9.17) is 12.2 Å². The van der Waals surface area contributed by atoms with Gasteiger partial charge in [0, 0.05) is 42.9 Å². The van der Waals surface area contributed by atoms with Crippen molar-refractivity contribution in [1.29, 1.82) is 0 Å². The van der Waals surface area contributed by atoms with Crippen LogP contribution in [0.15, 0.2) is 73.1 Å². The molecule has 5 nitrogen and oxygen atoms in total. The summed E-state index contributed by atoms with van der Waals surface area (Å²) in [6.45, 7) is 6.21. The molecule has 1 saturated heterocycles. The number of nitrogens with one attached hydrogen (secondary N) is 2. The van der Waals surface area contributed by atoms with Gasteiger partial charge >= 0.3 is 0 Å². The molecule has 3 heterocycles. The number of anilines is 1. The van der Waals surface area contributed by atoms with E-state index in [2.05, 4.69) is 87.6 Å². The zero-order valence-corrected chi connectivity index (χ0v) is 18.3. The monoisotopic (exact) mass is 419 g/mol. The molecule has 2 N–H and O–H groups in total. The fraction of sp³-hybridized carbons (Fsp3) is 0.333. The van der Waals surface area contributed by atoms with Gasteiger partial charge in [0.05, 0.1) is 17.8 Å². The summed E-state index contributed by atoms with van der Waals surface area (Å²) in [5.74, 6) is 0. The number of rotatable bonds is 8. The van der Waals surface area contributed by atoms with Gasteiger partial charge in [-0.25, -0.2) is 0 Å². The molecule has 4 rings (SSSR count). The number of pyridine rings is 1. The van der Waals surface area contributed by atoms with Crippen LogP contribution >= 0.6 is 12.2 Å². The van der Waals surface area contributed by atoms with E-state index >= 15 is 0 Å². The molecular weight excluding hydrogens is 390 g/mol. The first-order chi connectivity index (χ1) is 14.6. The molecule has 0 unspecified atom stereocenters. The summed E-state index contributed by atoms with van der Waals surface area (Å²) in [6.07, 6.45) is 5.00. The van der Waals surface area contributed by atoms with Crippen LogP contribution in [0.5, 0.6) is 0 Å². The Morgan fingerprint density at radius 1 is 1.07 bits per heavy atom. The van der Waals surface area contributed by atoms with E-state index in [9.17, 15) is 0 Å². The molecule has 2 atom stereocenters. The minimum absolute atomic E-state index is 0.0354. The number of benzene rings is 1. The van der Waals surface area contributed by atoms with E-state index in [1.165, 1.54) is 5.69 Å². The van der Waals surface area contributed by atoms with Gasteiger partial charge in [-0.05, 0) is 68.9 Å². The van der Waals surface area contributed by atoms with Crippen LogP contribution in [0.4, 0.5) is 5.69 Å². The number of nitrogens with zero attached hydrogens (tertiary/aromatic N) is 3. The molecular formula is C24H29N5S. The lowest BCUT2D eigenvalue weighted by Crippen LogP contribution is -2.32. The molecule has 0 spiro atoms. The van der Waals surface area contributed by atoms with Gasteiger partial charge < -0.3 is 20.1 Å². The molecule has 1 fully saturated rings. The second-order valence-corrected chi connectivity index (χ2v) is 8.29. The molecule has 1 aromatic carbocycles. The van der Waals surface area contributed by atoms with Gasteiger partial charge in [-0.1, -0.05) is 24.3 Å². The predicted octanol–water partition coefficient (Wildman–Crippen LogP) is 4.94. The minimum atomic E-state index is 0.0354. The summed E-state index contributed by atoms with van der Waals surface area (Å²) in [4.78, 5) is 6.96. The summed E-state index contributed by atoms with van der Waals surface area (Å²) in [5.41, 5.74) is 3.44. The van der Waals surface area contributed by atoms with Gasteiger partial charge in [0.1, 0.15) is 0 Å². The Morgan fingerprint density at radius 2 is 1.87 bits per heavy atom. The third-order valence-corrected chi connectivity index (χ3v) is 5.90. The summed E-state index contributed by atoms with van der Waals surface area (Å²) in [7, 11) is 0. The van der Waals surface area contributed by atoms with Crippen molar-refractivity contribution in [1.82, 2.24) is 19.8 Å². The zero-order chi connectivity index (χ0) is 20.9. The quantitative estimate of drug-likeness (QED) is 0.400. The van der Waals surface area contributed by atoms with E-state index in [0.29, 0.717) is 6.04 Å². The normalized spacial score (nSPS) is 18.6. The smallest absolute Gasteiger partial charge is 0.170 e. The van der Waals surface area contributed by atoms with Crippen LogP contribution in [-0.4, -0.2) is 32.7 Å². The Labute approximate surface area is 184 Å². The molecule has 0 aliphatic carbocycles. The van der Waals surface area contributed by atoms with Gasteiger partial charge in [-0.15, -0.1) is 0 Å². The van der Waals surface area contributed by atoms with E-state index in [-0.39, 0.29) is 12.1 Å². The van der Waals surface area contributed by atoms with Gasteiger partial charge in [0.2, 0.25) is 0 Å². The van der Waals surface area contributed by atoms with Gasteiger partial charge in [-0.2, -0.15) is 0 Å². The maximum absolute atomic E-state index is 5.78. The lowest BCUT2D eigenvalue weighted by Gasteiger charge is -2.30. The van der Waals surface area contributed by atoms with Crippen LogP contribution in [0.3, 0.4) is 0 Å². The van der Waals surface area contributed by atoms with Crippen molar-refractivity contribution in [3.05, 3.63) is 84.4 Å². The van der Waals surface area contributed by atoms with Crippen LogP contribution in [-0.2, 0) is 0 Å². The molecule has 6 heteroatoms. The maximum Gasteiger partial charge on any atom is 0.170 e. The van der Waals surface area contributed by atoms with Crippen LogP contribution in [0, 0.1) is 0 Å². The lowest BCUT2D eigenvalue weighted by molar-refractivity contribution is 0.298. The van der Waals surface area contributed by atoms with Gasteiger partial charge in [0.15, 0.2) is 5.11 Å². The average Bonchev–Trinajstić information content (AvgIpc) is 3.37. The van der Waals surface area contributed by atoms with Crippen molar-refractivity contribution in [2.75, 3.05) is 18.4 Å². The molecule has 1 aliphatic heterocycles. The van der Waals surface area contributed by atoms with Crippen molar-refractivity contribution >= 4 is 23.0 Å².